The average molecular weight is 389 g/mol. The first-order valence-electron chi connectivity index (χ1n) is 9.26. The topological polar surface area (TPSA) is 33.7 Å². The molecule has 1 atom stereocenters. The van der Waals surface area contributed by atoms with Crippen LogP contribution < -0.4 is 14.8 Å². The Hall–Kier alpha value is -0.680. The summed E-state index contributed by atoms with van der Waals surface area (Å²) in [6.07, 6.45) is 6.91. The fraction of sp³-hybridized carbons (Fsp3) is 0.684. The molecular formula is C19H30Cl2N2O2. The summed E-state index contributed by atoms with van der Waals surface area (Å²) >= 11 is 0. The molecule has 25 heavy (non-hydrogen) atoms. The summed E-state index contributed by atoms with van der Waals surface area (Å²) in [5.74, 6) is 2.62. The molecule has 0 unspecified atom stereocenters. The molecule has 0 aromatic heterocycles. The molecule has 0 amide bonds. The normalized spacial score (nSPS) is 22.4. The van der Waals surface area contributed by atoms with Gasteiger partial charge < -0.3 is 14.8 Å². The number of rotatable bonds is 3. The van der Waals surface area contributed by atoms with Gasteiger partial charge in [0.25, 0.3) is 0 Å². The number of hydrogen-bond donors (Lipinski definition) is 1. The highest BCUT2D eigenvalue weighted by Gasteiger charge is 2.31. The van der Waals surface area contributed by atoms with Crippen LogP contribution in [-0.4, -0.2) is 44.3 Å². The van der Waals surface area contributed by atoms with E-state index in [0.717, 1.165) is 43.6 Å². The number of nitrogens with zero attached hydrogens (tertiary/aromatic N) is 1. The van der Waals surface area contributed by atoms with Gasteiger partial charge in [-0.05, 0) is 36.5 Å². The minimum absolute atomic E-state index is 0. The zero-order valence-corrected chi connectivity index (χ0v) is 16.4. The fourth-order valence-electron chi connectivity index (χ4n) is 4.44. The van der Waals surface area contributed by atoms with Crippen molar-refractivity contribution in [2.24, 2.45) is 5.92 Å². The average Bonchev–Trinajstić information content (AvgIpc) is 2.64. The van der Waals surface area contributed by atoms with Crippen molar-refractivity contribution in [2.45, 2.75) is 38.1 Å². The van der Waals surface area contributed by atoms with Gasteiger partial charge in [0.1, 0.15) is 13.2 Å². The lowest BCUT2D eigenvalue weighted by Crippen LogP contribution is -2.47. The third-order valence-electron chi connectivity index (χ3n) is 5.55. The van der Waals surface area contributed by atoms with E-state index < -0.39 is 0 Å². The molecule has 4 nitrogen and oxygen atoms in total. The lowest BCUT2D eigenvalue weighted by molar-refractivity contribution is 0.102. The lowest BCUT2D eigenvalue weighted by Gasteiger charge is -2.41. The number of benzene rings is 1. The second kappa shape index (κ2) is 9.86. The van der Waals surface area contributed by atoms with E-state index in [4.69, 9.17) is 9.47 Å². The van der Waals surface area contributed by atoms with Crippen LogP contribution >= 0.6 is 24.8 Å². The molecule has 1 saturated carbocycles. The van der Waals surface area contributed by atoms with Crippen LogP contribution in [0.4, 0.5) is 0 Å². The van der Waals surface area contributed by atoms with Crippen molar-refractivity contribution in [3.63, 3.8) is 0 Å². The highest BCUT2D eigenvalue weighted by atomic mass is 35.5. The van der Waals surface area contributed by atoms with E-state index in [0.29, 0.717) is 19.3 Å². The predicted octanol–water partition coefficient (Wildman–Crippen LogP) is 3.83. The standard InChI is InChI=1S/C19H28N2O2.2ClH/c1-2-4-15(5-3-1)19(21-10-8-20-9-11-21)16-6-7-17-18(14-16)23-13-12-22-17;;/h6-7,14-15,19-20H,1-5,8-13H2;2*1H/t19-;;/m0../s1. The molecule has 1 aromatic rings. The number of halogens is 2. The number of nitrogens with one attached hydrogen (secondary N) is 1. The smallest absolute Gasteiger partial charge is 0.161 e. The van der Waals surface area contributed by atoms with E-state index in [1.807, 2.05) is 0 Å². The van der Waals surface area contributed by atoms with Crippen molar-refractivity contribution in [3.05, 3.63) is 23.8 Å². The van der Waals surface area contributed by atoms with Gasteiger partial charge >= 0.3 is 0 Å². The van der Waals surface area contributed by atoms with Crippen LogP contribution in [-0.2, 0) is 0 Å². The van der Waals surface area contributed by atoms with Crippen molar-refractivity contribution >= 4 is 24.8 Å². The van der Waals surface area contributed by atoms with Crippen LogP contribution in [0.15, 0.2) is 18.2 Å². The van der Waals surface area contributed by atoms with Crippen molar-refractivity contribution < 1.29 is 9.47 Å². The van der Waals surface area contributed by atoms with Crippen molar-refractivity contribution in [2.75, 3.05) is 39.4 Å². The lowest BCUT2D eigenvalue weighted by atomic mass is 9.80. The van der Waals surface area contributed by atoms with E-state index in [1.54, 1.807) is 0 Å². The summed E-state index contributed by atoms with van der Waals surface area (Å²) < 4.78 is 11.5. The molecule has 0 radical (unpaired) electrons. The maximum Gasteiger partial charge on any atom is 0.161 e. The van der Waals surface area contributed by atoms with Crippen LogP contribution in [0.5, 0.6) is 11.5 Å². The molecule has 2 aliphatic heterocycles. The van der Waals surface area contributed by atoms with Gasteiger partial charge in [0.05, 0.1) is 0 Å². The summed E-state index contributed by atoms with van der Waals surface area (Å²) in [6, 6.07) is 7.17. The first kappa shape index (κ1) is 20.6. The molecule has 1 aromatic carbocycles. The molecule has 2 heterocycles. The van der Waals surface area contributed by atoms with Crippen LogP contribution in [0.2, 0.25) is 0 Å². The number of piperazine rings is 1. The fourth-order valence-corrected chi connectivity index (χ4v) is 4.44. The Morgan fingerprint density at radius 2 is 1.60 bits per heavy atom. The second-order valence-electron chi connectivity index (χ2n) is 7.03. The van der Waals surface area contributed by atoms with E-state index in [9.17, 15) is 0 Å². The van der Waals surface area contributed by atoms with Gasteiger partial charge in [-0.3, -0.25) is 4.90 Å². The maximum atomic E-state index is 5.83. The minimum Gasteiger partial charge on any atom is -0.486 e. The van der Waals surface area contributed by atoms with Gasteiger partial charge in [-0.2, -0.15) is 0 Å². The third kappa shape index (κ3) is 4.73. The number of hydrogen-bond acceptors (Lipinski definition) is 4. The number of fused-ring (bicyclic) bond motifs is 1. The van der Waals surface area contributed by atoms with Crippen LogP contribution in [0.25, 0.3) is 0 Å². The van der Waals surface area contributed by atoms with Gasteiger partial charge in [0, 0.05) is 32.2 Å². The Labute approximate surface area is 163 Å². The molecule has 0 spiro atoms. The molecule has 1 saturated heterocycles. The molecule has 0 bridgehead atoms. The van der Waals surface area contributed by atoms with Crippen LogP contribution in [0.1, 0.15) is 43.7 Å². The zero-order valence-electron chi connectivity index (χ0n) is 14.7. The first-order valence-corrected chi connectivity index (χ1v) is 9.26. The largest absolute Gasteiger partial charge is 0.486 e. The minimum atomic E-state index is 0. The van der Waals surface area contributed by atoms with Crippen LogP contribution in [0, 0.1) is 5.92 Å². The van der Waals surface area contributed by atoms with Gasteiger partial charge in [-0.25, -0.2) is 0 Å². The molecular weight excluding hydrogens is 359 g/mol. The van der Waals surface area contributed by atoms with Crippen LogP contribution in [0.3, 0.4) is 0 Å². The van der Waals surface area contributed by atoms with Gasteiger partial charge in [-0.1, -0.05) is 25.3 Å². The highest BCUT2D eigenvalue weighted by molar-refractivity contribution is 5.85. The second-order valence-corrected chi connectivity index (χ2v) is 7.03. The van der Waals surface area contributed by atoms with E-state index in [1.165, 1.54) is 37.7 Å². The van der Waals surface area contributed by atoms with E-state index >= 15 is 0 Å². The molecule has 1 aliphatic carbocycles. The first-order chi connectivity index (χ1) is 11.4. The monoisotopic (exact) mass is 388 g/mol. The summed E-state index contributed by atoms with van der Waals surface area (Å²) in [5, 5.41) is 3.49. The molecule has 4 rings (SSSR count). The molecule has 2 fully saturated rings. The Bertz CT molecular complexity index is 514. The molecule has 6 heteroatoms. The maximum absolute atomic E-state index is 5.83. The quantitative estimate of drug-likeness (QED) is 0.852. The SMILES string of the molecule is Cl.Cl.c1cc2c(cc1[C@H](C1CCCCC1)N1CCNCC1)OCCO2. The molecule has 142 valence electrons. The van der Waals surface area contributed by atoms with Crippen molar-refractivity contribution in [1.82, 2.24) is 10.2 Å². The van der Waals surface area contributed by atoms with Crippen molar-refractivity contribution in [3.8, 4) is 11.5 Å². The Kier molecular flexibility index (Phi) is 8.14. The summed E-state index contributed by atoms with van der Waals surface area (Å²) in [5.41, 5.74) is 1.42. The Morgan fingerprint density at radius 1 is 0.920 bits per heavy atom. The summed E-state index contributed by atoms with van der Waals surface area (Å²) in [4.78, 5) is 2.69. The third-order valence-corrected chi connectivity index (χ3v) is 5.55. The highest BCUT2D eigenvalue weighted by Crippen LogP contribution is 2.41. The van der Waals surface area contributed by atoms with Gasteiger partial charge in [0.15, 0.2) is 11.5 Å². The Balaban J connectivity index is 0.00000113. The number of ether oxygens (including phenoxy) is 2. The predicted molar refractivity (Wildman–Crippen MR) is 106 cm³/mol. The van der Waals surface area contributed by atoms with Gasteiger partial charge in [-0.15, -0.1) is 24.8 Å². The Morgan fingerprint density at radius 3 is 2.32 bits per heavy atom. The summed E-state index contributed by atoms with van der Waals surface area (Å²) in [6.45, 7) is 5.83. The van der Waals surface area contributed by atoms with Gasteiger partial charge in [0.2, 0.25) is 0 Å². The van der Waals surface area contributed by atoms with Crippen molar-refractivity contribution in [1.29, 1.82) is 0 Å². The van der Waals surface area contributed by atoms with E-state index in [-0.39, 0.29) is 24.8 Å². The molecule has 3 aliphatic rings. The van der Waals surface area contributed by atoms with E-state index in [2.05, 4.69) is 28.4 Å². The zero-order chi connectivity index (χ0) is 15.5. The summed E-state index contributed by atoms with van der Waals surface area (Å²) in [7, 11) is 0. The molecule has 1 N–H and O–H groups in total.